The van der Waals surface area contributed by atoms with Crippen LogP contribution in [0.2, 0.25) is 0 Å². The van der Waals surface area contributed by atoms with Crippen LogP contribution in [-0.4, -0.2) is 24.2 Å². The molecular formula is C37H44N3O4+. The average Bonchev–Trinajstić information content (AvgIpc) is 3.04. The molecule has 0 bridgehead atoms. The molecule has 0 spiro atoms. The predicted molar refractivity (Wildman–Crippen MR) is 177 cm³/mol. The minimum Gasteiger partial charge on any atom is -0.506 e. The van der Waals surface area contributed by atoms with Crippen molar-refractivity contribution < 1.29 is 19.4 Å². The lowest BCUT2D eigenvalue weighted by atomic mass is 9.76. The van der Waals surface area contributed by atoms with Gasteiger partial charge >= 0.3 is 5.69 Å². The smallest absolute Gasteiger partial charge is 0.385 e. The quantitative estimate of drug-likeness (QED) is 0.119. The summed E-state index contributed by atoms with van der Waals surface area (Å²) in [6.45, 7) is 14.5. The molecule has 230 valence electrons. The zero-order valence-electron chi connectivity index (χ0n) is 26.7. The second kappa shape index (κ2) is 13.8. The largest absolute Gasteiger partial charge is 0.506 e. The molecular weight excluding hydrogens is 550 g/mol. The highest BCUT2D eigenvalue weighted by Crippen LogP contribution is 2.40. The molecule has 0 heterocycles. The number of fused-ring (bicyclic) bond motifs is 1. The fraction of sp³-hybridized carbons (Fsp3) is 0.378. The number of nitrogens with one attached hydrogen (secondary N) is 1. The van der Waals surface area contributed by atoms with Crippen LogP contribution < -0.4 is 14.8 Å². The number of ether oxygens (including phenoxy) is 2. The molecule has 0 radical (unpaired) electrons. The molecule has 4 rings (SSSR count). The molecule has 2 N–H and O–H groups in total. The van der Waals surface area contributed by atoms with Gasteiger partial charge in [0.25, 0.3) is 5.91 Å². The van der Waals surface area contributed by atoms with Crippen LogP contribution in [0.3, 0.4) is 0 Å². The SMILES string of the molecule is CCC(C)(C)c1ccc(OCCCCNC(=O)c2cc(Oc3ccc([N+]#N)cc3)c3ccccc3c2O)c(C(C)(C)CC)c1. The van der Waals surface area contributed by atoms with E-state index in [1.54, 1.807) is 42.5 Å². The molecule has 0 fully saturated rings. The van der Waals surface area contributed by atoms with E-state index < -0.39 is 0 Å². The number of amides is 1. The number of diazo groups is 1. The highest BCUT2D eigenvalue weighted by atomic mass is 16.5. The number of aromatic hydroxyl groups is 1. The van der Waals surface area contributed by atoms with Crippen molar-refractivity contribution in [3.05, 3.63) is 94.5 Å². The van der Waals surface area contributed by atoms with Crippen LogP contribution in [-0.2, 0) is 10.8 Å². The number of phenols is 1. The number of unbranched alkanes of at least 4 members (excludes halogenated alkanes) is 1. The monoisotopic (exact) mass is 594 g/mol. The van der Waals surface area contributed by atoms with Gasteiger partial charge in [0.2, 0.25) is 5.39 Å². The van der Waals surface area contributed by atoms with Gasteiger partial charge in [-0.05, 0) is 66.3 Å². The van der Waals surface area contributed by atoms with Crippen molar-refractivity contribution >= 4 is 22.4 Å². The fourth-order valence-corrected chi connectivity index (χ4v) is 5.00. The Hall–Kier alpha value is -4.57. The summed E-state index contributed by atoms with van der Waals surface area (Å²) in [5, 5.41) is 24.0. The molecule has 0 aliphatic rings. The minimum absolute atomic E-state index is 0.00768. The maximum Gasteiger partial charge on any atom is 0.385 e. The number of hydrogen-bond donors (Lipinski definition) is 2. The number of hydrogen-bond acceptors (Lipinski definition) is 5. The molecule has 0 atom stereocenters. The molecule has 0 aliphatic carbocycles. The van der Waals surface area contributed by atoms with Gasteiger partial charge in [0, 0.05) is 35.0 Å². The lowest BCUT2D eigenvalue weighted by Gasteiger charge is -2.30. The van der Waals surface area contributed by atoms with E-state index in [-0.39, 0.29) is 28.1 Å². The highest BCUT2D eigenvalue weighted by Gasteiger charge is 2.26. The summed E-state index contributed by atoms with van der Waals surface area (Å²) in [6.07, 6.45) is 3.56. The zero-order chi connectivity index (χ0) is 31.9. The predicted octanol–water partition coefficient (Wildman–Crippen LogP) is 9.79. The molecule has 44 heavy (non-hydrogen) atoms. The van der Waals surface area contributed by atoms with E-state index in [9.17, 15) is 9.90 Å². The van der Waals surface area contributed by atoms with Crippen LogP contribution >= 0.6 is 0 Å². The Labute approximate surface area is 260 Å². The Balaban J connectivity index is 1.39. The van der Waals surface area contributed by atoms with Crippen molar-refractivity contribution in [2.24, 2.45) is 0 Å². The van der Waals surface area contributed by atoms with Crippen LogP contribution in [0.5, 0.6) is 23.0 Å². The highest BCUT2D eigenvalue weighted by molar-refractivity contribution is 6.05. The van der Waals surface area contributed by atoms with Crippen LogP contribution in [0.15, 0.2) is 72.8 Å². The first-order valence-electron chi connectivity index (χ1n) is 15.4. The second-order valence-corrected chi connectivity index (χ2v) is 12.5. The van der Waals surface area contributed by atoms with E-state index >= 15 is 0 Å². The van der Waals surface area contributed by atoms with Crippen molar-refractivity contribution in [2.75, 3.05) is 13.2 Å². The topological polar surface area (TPSA) is 95.9 Å². The first-order chi connectivity index (χ1) is 21.0. The van der Waals surface area contributed by atoms with Gasteiger partial charge < -0.3 is 19.9 Å². The van der Waals surface area contributed by atoms with Gasteiger partial charge in [-0.2, -0.15) is 0 Å². The number of benzene rings is 4. The average molecular weight is 595 g/mol. The number of carbonyl (C=O) groups excluding carboxylic acids is 1. The lowest BCUT2D eigenvalue weighted by Crippen LogP contribution is -2.25. The molecule has 0 aliphatic heterocycles. The normalized spacial score (nSPS) is 11.7. The molecule has 0 saturated carbocycles. The van der Waals surface area contributed by atoms with Gasteiger partial charge in [-0.25, -0.2) is 0 Å². The fourth-order valence-electron chi connectivity index (χ4n) is 5.00. The molecule has 4 aromatic carbocycles. The molecule has 0 unspecified atom stereocenters. The number of phenolic OH excluding ortho intramolecular Hbond substituents is 1. The Morgan fingerprint density at radius 1 is 0.864 bits per heavy atom. The van der Waals surface area contributed by atoms with E-state index in [2.05, 4.69) is 70.0 Å². The Morgan fingerprint density at radius 2 is 1.55 bits per heavy atom. The van der Waals surface area contributed by atoms with Crippen LogP contribution in [0.25, 0.3) is 15.7 Å². The Morgan fingerprint density at radius 3 is 2.20 bits per heavy atom. The molecule has 0 aromatic heterocycles. The van der Waals surface area contributed by atoms with Crippen molar-refractivity contribution in [1.29, 1.82) is 5.39 Å². The number of carbonyl (C=O) groups is 1. The van der Waals surface area contributed by atoms with Crippen LogP contribution in [0.4, 0.5) is 5.69 Å². The molecule has 4 aromatic rings. The van der Waals surface area contributed by atoms with Gasteiger partial charge in [-0.3, -0.25) is 4.79 Å². The van der Waals surface area contributed by atoms with Crippen LogP contribution in [0.1, 0.15) is 88.7 Å². The molecule has 0 saturated heterocycles. The third-order valence-electron chi connectivity index (χ3n) is 8.77. The maximum absolute atomic E-state index is 13.2. The van der Waals surface area contributed by atoms with Gasteiger partial charge in [0.15, 0.2) is 4.98 Å². The van der Waals surface area contributed by atoms with Crippen molar-refractivity contribution in [3.8, 4) is 23.0 Å². The minimum atomic E-state index is -0.380. The third kappa shape index (κ3) is 7.31. The summed E-state index contributed by atoms with van der Waals surface area (Å²) in [4.78, 5) is 16.3. The standard InChI is InChI=1S/C37H43N3O4/c1-7-36(3,4)25-15-20-32(31(23-25)37(5,6)8-2)43-22-12-11-21-39-35(42)30-24-33(28-13-9-10-14-29(28)34(30)41)44-27-18-16-26(40-38)17-19-27/h9-10,13-20,23-24H,7-8,11-12,21-22H2,1-6H3,(H-,39,41,42)/p+1. The maximum atomic E-state index is 13.2. The summed E-state index contributed by atoms with van der Waals surface area (Å²) in [5.41, 5.74) is 3.19. The van der Waals surface area contributed by atoms with E-state index in [0.29, 0.717) is 41.1 Å². The first kappa shape index (κ1) is 32.3. The lowest BCUT2D eigenvalue weighted by molar-refractivity contribution is 0.0949. The summed E-state index contributed by atoms with van der Waals surface area (Å²) in [5.74, 6) is 1.39. The zero-order valence-corrected chi connectivity index (χ0v) is 26.7. The van der Waals surface area contributed by atoms with E-state index in [1.807, 2.05) is 12.1 Å². The van der Waals surface area contributed by atoms with Crippen molar-refractivity contribution in [1.82, 2.24) is 5.32 Å². The van der Waals surface area contributed by atoms with E-state index in [4.69, 9.17) is 14.9 Å². The van der Waals surface area contributed by atoms with Crippen LogP contribution in [0, 0.1) is 5.39 Å². The first-order valence-corrected chi connectivity index (χ1v) is 15.4. The Bertz CT molecular complexity index is 1650. The summed E-state index contributed by atoms with van der Waals surface area (Å²) >= 11 is 0. The molecule has 7 heteroatoms. The van der Waals surface area contributed by atoms with E-state index in [0.717, 1.165) is 31.4 Å². The van der Waals surface area contributed by atoms with Gasteiger partial charge in [0.05, 0.1) is 12.2 Å². The summed E-state index contributed by atoms with van der Waals surface area (Å²) in [6, 6.07) is 22.0. The van der Waals surface area contributed by atoms with Gasteiger partial charge in [0.1, 0.15) is 23.0 Å². The summed E-state index contributed by atoms with van der Waals surface area (Å²) in [7, 11) is 0. The number of nitrogens with zero attached hydrogens (tertiary/aromatic N) is 2. The second-order valence-electron chi connectivity index (χ2n) is 12.5. The van der Waals surface area contributed by atoms with Gasteiger partial charge in [-0.15, -0.1) is 0 Å². The number of rotatable bonds is 13. The molecule has 7 nitrogen and oxygen atoms in total. The van der Waals surface area contributed by atoms with E-state index in [1.165, 1.54) is 11.1 Å². The summed E-state index contributed by atoms with van der Waals surface area (Å²) < 4.78 is 12.4. The third-order valence-corrected chi connectivity index (χ3v) is 8.77. The Kier molecular flexibility index (Phi) is 10.2. The van der Waals surface area contributed by atoms with Crippen molar-refractivity contribution in [2.45, 2.75) is 78.1 Å². The van der Waals surface area contributed by atoms with Crippen molar-refractivity contribution in [3.63, 3.8) is 0 Å². The molecule has 1 amide bonds. The van der Waals surface area contributed by atoms with Gasteiger partial charge in [-0.1, -0.05) is 77.9 Å².